The third-order valence-corrected chi connectivity index (χ3v) is 3.64. The third kappa shape index (κ3) is 2.43. The van der Waals surface area contributed by atoms with Crippen molar-refractivity contribution in [3.8, 4) is 0 Å². The summed E-state index contributed by atoms with van der Waals surface area (Å²) in [6.45, 7) is 2.04. The van der Waals surface area contributed by atoms with Crippen LogP contribution in [-0.4, -0.2) is 22.0 Å². The van der Waals surface area contributed by atoms with Gasteiger partial charge < -0.3 is 11.1 Å². The van der Waals surface area contributed by atoms with E-state index < -0.39 is 0 Å². The third-order valence-electron chi connectivity index (χ3n) is 3.64. The second-order valence-electron chi connectivity index (χ2n) is 4.95. The summed E-state index contributed by atoms with van der Waals surface area (Å²) in [5.41, 5.74) is 11.0. The van der Waals surface area contributed by atoms with Crippen molar-refractivity contribution in [2.45, 2.75) is 13.0 Å². The van der Waals surface area contributed by atoms with Gasteiger partial charge in [-0.25, -0.2) is 4.98 Å². The number of fused-ring (bicyclic) bond motifs is 1. The van der Waals surface area contributed by atoms with Crippen LogP contribution in [0.3, 0.4) is 0 Å². The number of nitrogen functional groups attached to an aromatic ring is 1. The number of nitrogens with one attached hydrogen (secondary N) is 1. The van der Waals surface area contributed by atoms with Crippen LogP contribution >= 0.6 is 0 Å². The van der Waals surface area contributed by atoms with Crippen LogP contribution < -0.4 is 11.1 Å². The molecule has 1 atom stereocenters. The summed E-state index contributed by atoms with van der Waals surface area (Å²) < 4.78 is 0. The molecule has 5 nitrogen and oxygen atoms in total. The molecule has 3 rings (SSSR count). The van der Waals surface area contributed by atoms with Gasteiger partial charge in [-0.2, -0.15) is 0 Å². The zero-order chi connectivity index (χ0) is 14.8. The van der Waals surface area contributed by atoms with Crippen molar-refractivity contribution in [1.29, 1.82) is 0 Å². The van der Waals surface area contributed by atoms with Crippen molar-refractivity contribution < 1.29 is 0 Å². The van der Waals surface area contributed by atoms with Gasteiger partial charge in [0, 0.05) is 24.2 Å². The Morgan fingerprint density at radius 3 is 2.48 bits per heavy atom. The van der Waals surface area contributed by atoms with Crippen LogP contribution in [0.2, 0.25) is 0 Å². The quantitative estimate of drug-likeness (QED) is 0.768. The second-order valence-corrected chi connectivity index (χ2v) is 4.95. The van der Waals surface area contributed by atoms with Gasteiger partial charge in [-0.15, -0.1) is 0 Å². The van der Waals surface area contributed by atoms with Gasteiger partial charge in [0.1, 0.15) is 5.82 Å². The molecule has 5 heteroatoms. The number of hydrogen-bond donors (Lipinski definition) is 2. The van der Waals surface area contributed by atoms with Gasteiger partial charge >= 0.3 is 0 Å². The van der Waals surface area contributed by atoms with E-state index in [1.54, 1.807) is 18.6 Å². The van der Waals surface area contributed by atoms with E-state index in [9.17, 15) is 0 Å². The van der Waals surface area contributed by atoms with Gasteiger partial charge in [-0.1, -0.05) is 6.07 Å². The summed E-state index contributed by atoms with van der Waals surface area (Å²) in [5.74, 6) is 0.550. The Hall–Kier alpha value is -2.53. The minimum absolute atomic E-state index is 0.0230. The summed E-state index contributed by atoms with van der Waals surface area (Å²) >= 11 is 0. The first kappa shape index (κ1) is 13.5. The number of nitrogens with zero attached hydrogens (tertiary/aromatic N) is 3. The lowest BCUT2D eigenvalue weighted by Crippen LogP contribution is -2.20. The standard InChI is InChI=1S/C16H17N5/c1-10-5-6-21-16(17)14(10)15(18-2)11-3-4-12-13(9-11)20-8-7-19-12/h3-9,15,18H,1-2H3,(H2,17,21). The Kier molecular flexibility index (Phi) is 3.50. The van der Waals surface area contributed by atoms with Crippen LogP contribution in [0.5, 0.6) is 0 Å². The van der Waals surface area contributed by atoms with Crippen molar-refractivity contribution in [3.05, 3.63) is 59.5 Å². The predicted molar refractivity (Wildman–Crippen MR) is 83.8 cm³/mol. The topological polar surface area (TPSA) is 76.7 Å². The Bertz CT molecular complexity index is 764. The molecule has 0 fully saturated rings. The molecule has 0 radical (unpaired) electrons. The van der Waals surface area contributed by atoms with Gasteiger partial charge in [0.05, 0.1) is 17.1 Å². The molecule has 1 aromatic carbocycles. The largest absolute Gasteiger partial charge is 0.383 e. The van der Waals surface area contributed by atoms with Gasteiger partial charge in [-0.3, -0.25) is 9.97 Å². The van der Waals surface area contributed by atoms with E-state index in [-0.39, 0.29) is 6.04 Å². The molecular weight excluding hydrogens is 262 g/mol. The van der Waals surface area contributed by atoms with Crippen LogP contribution in [0.25, 0.3) is 11.0 Å². The molecule has 0 saturated carbocycles. The molecule has 1 unspecified atom stereocenters. The molecular formula is C16H17N5. The molecule has 3 aromatic rings. The highest BCUT2D eigenvalue weighted by Gasteiger charge is 2.18. The molecule has 0 amide bonds. The first-order valence-electron chi connectivity index (χ1n) is 6.79. The van der Waals surface area contributed by atoms with Crippen molar-refractivity contribution in [2.24, 2.45) is 0 Å². The summed E-state index contributed by atoms with van der Waals surface area (Å²) in [5, 5.41) is 3.31. The van der Waals surface area contributed by atoms with E-state index in [4.69, 9.17) is 5.73 Å². The Morgan fingerprint density at radius 1 is 1.00 bits per heavy atom. The SMILES string of the molecule is CNC(c1ccc2nccnc2c1)c1c(C)ccnc1N. The number of aryl methyl sites for hydroxylation is 1. The fourth-order valence-corrected chi connectivity index (χ4v) is 2.60. The minimum atomic E-state index is -0.0230. The van der Waals surface area contributed by atoms with E-state index in [1.165, 1.54) is 0 Å². The van der Waals surface area contributed by atoms with Crippen LogP contribution in [0, 0.1) is 6.92 Å². The van der Waals surface area contributed by atoms with E-state index in [1.807, 2.05) is 38.2 Å². The summed E-state index contributed by atoms with van der Waals surface area (Å²) in [7, 11) is 1.91. The molecule has 0 spiro atoms. The van der Waals surface area contributed by atoms with E-state index in [2.05, 4.69) is 20.3 Å². The molecule has 0 aliphatic rings. The lowest BCUT2D eigenvalue weighted by molar-refractivity contribution is 0.687. The maximum Gasteiger partial charge on any atom is 0.128 e. The summed E-state index contributed by atoms with van der Waals surface area (Å²) in [6.07, 6.45) is 5.12. The molecule has 0 bridgehead atoms. The first-order chi connectivity index (χ1) is 10.2. The van der Waals surface area contributed by atoms with Crippen molar-refractivity contribution in [3.63, 3.8) is 0 Å². The average Bonchev–Trinajstić information content (AvgIpc) is 2.50. The molecule has 0 aliphatic heterocycles. The van der Waals surface area contributed by atoms with Gasteiger partial charge in [-0.05, 0) is 43.3 Å². The van der Waals surface area contributed by atoms with Gasteiger partial charge in [0.2, 0.25) is 0 Å². The van der Waals surface area contributed by atoms with Gasteiger partial charge in [0.25, 0.3) is 0 Å². The van der Waals surface area contributed by atoms with Crippen molar-refractivity contribution >= 4 is 16.9 Å². The average molecular weight is 279 g/mol. The monoisotopic (exact) mass is 279 g/mol. The highest BCUT2D eigenvalue weighted by Crippen LogP contribution is 2.29. The molecule has 0 saturated heterocycles. The van der Waals surface area contributed by atoms with Crippen molar-refractivity contribution in [1.82, 2.24) is 20.3 Å². The molecule has 106 valence electrons. The van der Waals surface area contributed by atoms with Gasteiger partial charge in [0.15, 0.2) is 0 Å². The lowest BCUT2D eigenvalue weighted by Gasteiger charge is -2.20. The smallest absolute Gasteiger partial charge is 0.128 e. The zero-order valence-electron chi connectivity index (χ0n) is 12.0. The van der Waals surface area contributed by atoms with Crippen LogP contribution in [0.1, 0.15) is 22.7 Å². The maximum absolute atomic E-state index is 6.07. The molecule has 3 N–H and O–H groups in total. The van der Waals surface area contributed by atoms with E-state index in [0.29, 0.717) is 5.82 Å². The van der Waals surface area contributed by atoms with Crippen LogP contribution in [0.4, 0.5) is 5.82 Å². The van der Waals surface area contributed by atoms with Crippen LogP contribution in [-0.2, 0) is 0 Å². The Labute approximate surface area is 123 Å². The number of anilines is 1. The lowest BCUT2D eigenvalue weighted by atomic mass is 9.95. The fraction of sp³-hybridized carbons (Fsp3) is 0.188. The number of hydrogen-bond acceptors (Lipinski definition) is 5. The molecule has 2 aromatic heterocycles. The van der Waals surface area contributed by atoms with E-state index >= 15 is 0 Å². The number of aromatic nitrogens is 3. The minimum Gasteiger partial charge on any atom is -0.383 e. The normalized spacial score (nSPS) is 12.5. The Morgan fingerprint density at radius 2 is 1.76 bits per heavy atom. The number of rotatable bonds is 3. The number of benzene rings is 1. The first-order valence-corrected chi connectivity index (χ1v) is 6.79. The van der Waals surface area contributed by atoms with Crippen LogP contribution in [0.15, 0.2) is 42.9 Å². The highest BCUT2D eigenvalue weighted by molar-refractivity contribution is 5.75. The fourth-order valence-electron chi connectivity index (χ4n) is 2.60. The zero-order valence-corrected chi connectivity index (χ0v) is 12.0. The summed E-state index contributed by atoms with van der Waals surface area (Å²) in [6, 6.07) is 8.00. The maximum atomic E-state index is 6.07. The molecule has 21 heavy (non-hydrogen) atoms. The number of nitrogens with two attached hydrogens (primary N) is 1. The highest BCUT2D eigenvalue weighted by atomic mass is 14.9. The second kappa shape index (κ2) is 5.46. The number of pyridine rings is 1. The molecule has 0 aliphatic carbocycles. The summed E-state index contributed by atoms with van der Waals surface area (Å²) in [4.78, 5) is 12.9. The molecule has 2 heterocycles. The van der Waals surface area contributed by atoms with Crippen molar-refractivity contribution in [2.75, 3.05) is 12.8 Å². The van der Waals surface area contributed by atoms with E-state index in [0.717, 1.165) is 27.7 Å². The Balaban J connectivity index is 2.14. The predicted octanol–water partition coefficient (Wildman–Crippen LogP) is 2.22.